The fourth-order valence-electron chi connectivity index (χ4n) is 8.44. The van der Waals surface area contributed by atoms with Crippen LogP contribution in [0.25, 0.3) is 0 Å². The molecule has 160 valence electrons. The first-order chi connectivity index (χ1) is 13.2. The lowest BCUT2D eigenvalue weighted by Gasteiger charge is -2.55. The summed E-state index contributed by atoms with van der Waals surface area (Å²) >= 11 is 4.80. The predicted octanol–water partition coefficient (Wildman–Crippen LogP) is 7.05. The van der Waals surface area contributed by atoms with E-state index < -0.39 is 0 Å². The number of aliphatic hydroxyl groups excluding tert-OH is 1. The highest BCUT2D eigenvalue weighted by molar-refractivity contribution is 7.81. The summed E-state index contributed by atoms with van der Waals surface area (Å²) in [6.07, 6.45) is 16.9. The van der Waals surface area contributed by atoms with Crippen LogP contribution in [0.4, 0.5) is 0 Å². The molecule has 0 aromatic heterocycles. The molecular weight excluding hydrogens is 360 g/mol. The van der Waals surface area contributed by atoms with E-state index in [9.17, 15) is 5.11 Å². The van der Waals surface area contributed by atoms with Gasteiger partial charge in [-0.05, 0) is 112 Å². The maximum atomic E-state index is 10.1. The lowest BCUT2D eigenvalue weighted by atomic mass is 9.49. The number of allylic oxidation sites excluding steroid dienone is 1. The van der Waals surface area contributed by atoms with Crippen molar-refractivity contribution in [2.24, 2.45) is 40.9 Å². The summed E-state index contributed by atoms with van der Waals surface area (Å²) in [5.74, 6) is 5.37. The molecular formula is C26H44OS. The maximum absolute atomic E-state index is 10.1. The van der Waals surface area contributed by atoms with Gasteiger partial charge in [-0.25, -0.2) is 0 Å². The number of thiol groups is 1. The van der Waals surface area contributed by atoms with E-state index in [-0.39, 0.29) is 10.9 Å². The number of hydrogen-bond acceptors (Lipinski definition) is 2. The molecule has 8 unspecified atom stereocenters. The average molecular weight is 405 g/mol. The molecule has 28 heavy (non-hydrogen) atoms. The lowest BCUT2D eigenvalue weighted by molar-refractivity contribution is -0.0438. The topological polar surface area (TPSA) is 20.2 Å². The molecule has 4 rings (SSSR count). The predicted molar refractivity (Wildman–Crippen MR) is 123 cm³/mol. The molecule has 0 amide bonds. The van der Waals surface area contributed by atoms with Gasteiger partial charge < -0.3 is 5.11 Å². The van der Waals surface area contributed by atoms with Gasteiger partial charge in [-0.3, -0.25) is 0 Å². The van der Waals surface area contributed by atoms with Crippen molar-refractivity contribution >= 4 is 12.6 Å². The van der Waals surface area contributed by atoms with Gasteiger partial charge in [-0.15, -0.1) is 0 Å². The van der Waals surface area contributed by atoms with Crippen molar-refractivity contribution in [1.29, 1.82) is 0 Å². The quantitative estimate of drug-likeness (QED) is 0.371. The average Bonchev–Trinajstić information content (AvgIpc) is 3.05. The zero-order chi connectivity index (χ0) is 20.1. The molecule has 3 fully saturated rings. The number of rotatable bonds is 5. The minimum atomic E-state index is -0.0647. The highest BCUT2D eigenvalue weighted by atomic mass is 32.1. The minimum Gasteiger partial charge on any atom is -0.393 e. The molecule has 0 spiro atoms. The van der Waals surface area contributed by atoms with Gasteiger partial charge in [-0.2, -0.15) is 12.6 Å². The monoisotopic (exact) mass is 404 g/mol. The maximum Gasteiger partial charge on any atom is 0.0577 e. The van der Waals surface area contributed by atoms with E-state index in [1.807, 2.05) is 0 Å². The van der Waals surface area contributed by atoms with Gasteiger partial charge >= 0.3 is 0 Å². The van der Waals surface area contributed by atoms with Gasteiger partial charge in [-0.1, -0.05) is 39.3 Å². The van der Waals surface area contributed by atoms with Gasteiger partial charge in [0.15, 0.2) is 0 Å². The zero-order valence-electron chi connectivity index (χ0n) is 18.8. The van der Waals surface area contributed by atoms with Crippen LogP contribution in [-0.4, -0.2) is 16.0 Å². The molecule has 4 aliphatic rings. The lowest BCUT2D eigenvalue weighted by Crippen LogP contribution is -2.48. The number of aliphatic hydroxyl groups is 1. The highest BCUT2D eigenvalue weighted by Crippen LogP contribution is 2.66. The van der Waals surface area contributed by atoms with Crippen LogP contribution in [0.15, 0.2) is 11.6 Å². The summed E-state index contributed by atoms with van der Waals surface area (Å²) in [5.41, 5.74) is 2.24. The van der Waals surface area contributed by atoms with Crippen LogP contribution < -0.4 is 0 Å². The van der Waals surface area contributed by atoms with E-state index >= 15 is 0 Å². The Morgan fingerprint density at radius 1 is 1.18 bits per heavy atom. The first-order valence-corrected chi connectivity index (χ1v) is 12.8. The molecule has 0 heterocycles. The second-order valence-electron chi connectivity index (χ2n) is 11.6. The summed E-state index contributed by atoms with van der Waals surface area (Å²) in [4.78, 5) is 0. The molecule has 4 aliphatic carbocycles. The standard InChI is InChI=1S/C26H44OS/c1-5-26-15-13-21-20-9-7-19(27)16-18(20)6-8-22(21)24(26)11-10-23(26)17(2)12-14-25(3,4)28/h6,17,19-24,27-28H,5,7-16H2,1-4H3. The summed E-state index contributed by atoms with van der Waals surface area (Å²) in [7, 11) is 0. The molecule has 0 aliphatic heterocycles. The van der Waals surface area contributed by atoms with Gasteiger partial charge in [0.1, 0.15) is 0 Å². The molecule has 0 bridgehead atoms. The fraction of sp³-hybridized carbons (Fsp3) is 0.923. The molecule has 2 heteroatoms. The third-order valence-corrected chi connectivity index (χ3v) is 9.98. The van der Waals surface area contributed by atoms with E-state index in [1.54, 1.807) is 5.57 Å². The van der Waals surface area contributed by atoms with Crippen molar-refractivity contribution < 1.29 is 5.11 Å². The Bertz CT molecular complexity index is 590. The van der Waals surface area contributed by atoms with Gasteiger partial charge in [0.2, 0.25) is 0 Å². The first kappa shape index (κ1) is 21.3. The van der Waals surface area contributed by atoms with E-state index in [2.05, 4.69) is 33.8 Å². The molecule has 0 aromatic carbocycles. The molecule has 0 saturated heterocycles. The molecule has 0 radical (unpaired) electrons. The molecule has 3 saturated carbocycles. The van der Waals surface area contributed by atoms with Gasteiger partial charge in [0.05, 0.1) is 6.10 Å². The zero-order valence-corrected chi connectivity index (χ0v) is 19.7. The van der Waals surface area contributed by atoms with E-state index in [0.717, 1.165) is 48.3 Å². The summed E-state index contributed by atoms with van der Waals surface area (Å²) in [6.45, 7) is 9.60. The van der Waals surface area contributed by atoms with Crippen LogP contribution >= 0.6 is 12.6 Å². The van der Waals surface area contributed by atoms with Gasteiger partial charge in [0, 0.05) is 4.75 Å². The van der Waals surface area contributed by atoms with Crippen molar-refractivity contribution in [2.45, 2.75) is 109 Å². The second kappa shape index (κ2) is 7.95. The number of hydrogen-bond donors (Lipinski definition) is 2. The van der Waals surface area contributed by atoms with E-state index in [0.29, 0.717) is 5.41 Å². The minimum absolute atomic E-state index is 0.0647. The Labute approximate surface area is 179 Å². The molecule has 8 atom stereocenters. The smallest absolute Gasteiger partial charge is 0.0577 e. The van der Waals surface area contributed by atoms with Crippen molar-refractivity contribution in [3.63, 3.8) is 0 Å². The van der Waals surface area contributed by atoms with Crippen LogP contribution in [0.1, 0.15) is 98.3 Å². The van der Waals surface area contributed by atoms with Crippen LogP contribution in [0.5, 0.6) is 0 Å². The Morgan fingerprint density at radius 2 is 1.96 bits per heavy atom. The third kappa shape index (κ3) is 3.75. The Morgan fingerprint density at radius 3 is 2.68 bits per heavy atom. The normalized spacial score (nSPS) is 44.3. The Hall–Kier alpha value is 0.0500. The van der Waals surface area contributed by atoms with Crippen LogP contribution in [0, 0.1) is 40.9 Å². The Kier molecular flexibility index (Phi) is 6.04. The Balaban J connectivity index is 1.52. The number of fused-ring (bicyclic) bond motifs is 5. The van der Waals surface area contributed by atoms with Crippen molar-refractivity contribution in [3.05, 3.63) is 11.6 Å². The van der Waals surface area contributed by atoms with E-state index in [1.165, 1.54) is 57.8 Å². The third-order valence-electron chi connectivity index (χ3n) is 9.76. The van der Waals surface area contributed by atoms with Crippen molar-refractivity contribution in [1.82, 2.24) is 0 Å². The second-order valence-corrected chi connectivity index (χ2v) is 12.8. The van der Waals surface area contributed by atoms with Crippen molar-refractivity contribution in [3.8, 4) is 0 Å². The van der Waals surface area contributed by atoms with Crippen LogP contribution in [0.2, 0.25) is 0 Å². The molecule has 1 N–H and O–H groups in total. The van der Waals surface area contributed by atoms with Crippen LogP contribution in [0.3, 0.4) is 0 Å². The van der Waals surface area contributed by atoms with Crippen molar-refractivity contribution in [2.75, 3.05) is 0 Å². The largest absolute Gasteiger partial charge is 0.393 e. The molecule has 0 aromatic rings. The SMILES string of the molecule is CCC12CCC3C4CCC(O)CC4=CCC3C1CCC2C(C)CCC(C)(C)S. The summed E-state index contributed by atoms with van der Waals surface area (Å²) in [6, 6.07) is 0. The van der Waals surface area contributed by atoms with Gasteiger partial charge in [0.25, 0.3) is 0 Å². The first-order valence-electron chi connectivity index (χ1n) is 12.3. The summed E-state index contributed by atoms with van der Waals surface area (Å²) in [5, 5.41) is 10.1. The summed E-state index contributed by atoms with van der Waals surface area (Å²) < 4.78 is 0.166. The molecule has 1 nitrogen and oxygen atoms in total. The van der Waals surface area contributed by atoms with E-state index in [4.69, 9.17) is 12.6 Å². The van der Waals surface area contributed by atoms with Crippen LogP contribution in [-0.2, 0) is 0 Å². The fourth-order valence-corrected chi connectivity index (χ4v) is 8.56. The highest BCUT2D eigenvalue weighted by Gasteiger charge is 2.57.